The van der Waals surface area contributed by atoms with Gasteiger partial charge in [0.05, 0.1) is 21.8 Å². The van der Waals surface area contributed by atoms with Gasteiger partial charge < -0.3 is 5.32 Å². The van der Waals surface area contributed by atoms with Crippen molar-refractivity contribution in [3.8, 4) is 0 Å². The number of halogens is 2. The maximum atomic E-state index is 12.8. The van der Waals surface area contributed by atoms with Crippen LogP contribution in [0.2, 0.25) is 10.0 Å². The van der Waals surface area contributed by atoms with E-state index >= 15 is 0 Å². The van der Waals surface area contributed by atoms with Crippen molar-refractivity contribution in [3.63, 3.8) is 0 Å². The van der Waals surface area contributed by atoms with Gasteiger partial charge in [-0.3, -0.25) is 4.79 Å². The van der Waals surface area contributed by atoms with Crippen LogP contribution in [-0.4, -0.2) is 31.7 Å². The highest BCUT2D eigenvalue weighted by Gasteiger charge is 2.31. The molecule has 1 amide bonds. The molecule has 8 heteroatoms. The van der Waals surface area contributed by atoms with Crippen LogP contribution in [0.4, 0.5) is 0 Å². The van der Waals surface area contributed by atoms with E-state index in [1.165, 1.54) is 9.87 Å². The van der Waals surface area contributed by atoms with Crippen LogP contribution in [0, 0.1) is 5.92 Å². The first kappa shape index (κ1) is 24.1. The van der Waals surface area contributed by atoms with Crippen LogP contribution in [0.3, 0.4) is 0 Å². The van der Waals surface area contributed by atoms with Crippen molar-refractivity contribution >= 4 is 39.1 Å². The molecule has 1 N–H and O–H groups in total. The topological polar surface area (TPSA) is 66.5 Å². The summed E-state index contributed by atoms with van der Waals surface area (Å²) < 4.78 is 27.0. The van der Waals surface area contributed by atoms with Crippen LogP contribution in [0.25, 0.3) is 0 Å². The van der Waals surface area contributed by atoms with Gasteiger partial charge >= 0.3 is 0 Å². The lowest BCUT2D eigenvalue weighted by molar-refractivity contribution is -0.126. The van der Waals surface area contributed by atoms with Gasteiger partial charge in [-0.05, 0) is 55.0 Å². The quantitative estimate of drug-likeness (QED) is 0.605. The monoisotopic (exact) mass is 482 g/mol. The summed E-state index contributed by atoms with van der Waals surface area (Å²) in [6.07, 6.45) is 2.00. The Bertz CT molecular complexity index is 1020. The van der Waals surface area contributed by atoms with Crippen LogP contribution in [0.5, 0.6) is 0 Å². The maximum absolute atomic E-state index is 12.8. The number of rotatable bonds is 7. The lowest BCUT2D eigenvalue weighted by Crippen LogP contribution is -2.43. The lowest BCUT2D eigenvalue weighted by Gasteiger charge is -2.31. The molecule has 1 heterocycles. The van der Waals surface area contributed by atoms with E-state index in [4.69, 9.17) is 23.2 Å². The molecule has 1 aliphatic rings. The standard InChI is InChI=1S/C23H28Cl2N2O3S/c1-3-17-4-7-19(8-5-17)16(2)26-23(28)20-10-12-27(13-11-20)31(29,30)15-18-6-9-21(24)22(25)14-18/h4-9,14,16,20H,3,10-13,15H2,1-2H3,(H,26,28). The van der Waals surface area contributed by atoms with Crippen molar-refractivity contribution in [2.24, 2.45) is 5.92 Å². The molecule has 168 valence electrons. The summed E-state index contributed by atoms with van der Waals surface area (Å²) in [5, 5.41) is 3.80. The molecular formula is C23H28Cl2N2O3S. The highest BCUT2D eigenvalue weighted by atomic mass is 35.5. The van der Waals surface area contributed by atoms with Crippen molar-refractivity contribution < 1.29 is 13.2 Å². The van der Waals surface area contributed by atoms with Gasteiger partial charge in [0.15, 0.2) is 0 Å². The molecule has 1 saturated heterocycles. The zero-order valence-corrected chi connectivity index (χ0v) is 20.1. The third kappa shape index (κ3) is 6.22. The smallest absolute Gasteiger partial charge is 0.223 e. The molecule has 2 aromatic rings. The van der Waals surface area contributed by atoms with E-state index < -0.39 is 10.0 Å². The molecule has 0 saturated carbocycles. The first-order valence-electron chi connectivity index (χ1n) is 10.5. The number of nitrogens with zero attached hydrogens (tertiary/aromatic N) is 1. The van der Waals surface area contributed by atoms with Gasteiger partial charge in [-0.25, -0.2) is 12.7 Å². The second-order valence-corrected chi connectivity index (χ2v) is 10.8. The molecule has 5 nitrogen and oxygen atoms in total. The van der Waals surface area contributed by atoms with Crippen molar-refractivity contribution in [1.29, 1.82) is 0 Å². The van der Waals surface area contributed by atoms with E-state index in [1.54, 1.807) is 18.2 Å². The number of nitrogens with one attached hydrogen (secondary N) is 1. The fourth-order valence-electron chi connectivity index (χ4n) is 3.78. The average Bonchev–Trinajstić information content (AvgIpc) is 2.76. The Balaban J connectivity index is 1.53. The minimum absolute atomic E-state index is 0.0198. The molecule has 0 spiro atoms. The summed E-state index contributed by atoms with van der Waals surface area (Å²) in [6.45, 7) is 4.75. The lowest BCUT2D eigenvalue weighted by atomic mass is 9.96. The SMILES string of the molecule is CCc1ccc(C(C)NC(=O)C2CCN(S(=O)(=O)Cc3ccc(Cl)c(Cl)c3)CC2)cc1. The van der Waals surface area contributed by atoms with E-state index in [-0.39, 0.29) is 23.6 Å². The Morgan fingerprint density at radius 3 is 2.26 bits per heavy atom. The summed E-state index contributed by atoms with van der Waals surface area (Å²) in [4.78, 5) is 12.7. The predicted molar refractivity (Wildman–Crippen MR) is 126 cm³/mol. The number of piperidine rings is 1. The number of hydrogen-bond donors (Lipinski definition) is 1. The van der Waals surface area contributed by atoms with E-state index in [0.717, 1.165) is 12.0 Å². The minimum Gasteiger partial charge on any atom is -0.349 e. The Morgan fingerprint density at radius 2 is 1.68 bits per heavy atom. The maximum Gasteiger partial charge on any atom is 0.223 e. The molecule has 0 aromatic heterocycles. The van der Waals surface area contributed by atoms with E-state index in [0.29, 0.717) is 41.5 Å². The normalized spacial score (nSPS) is 16.8. The summed E-state index contributed by atoms with van der Waals surface area (Å²) in [5.41, 5.74) is 2.92. The average molecular weight is 483 g/mol. The molecular weight excluding hydrogens is 455 g/mol. The van der Waals surface area contributed by atoms with E-state index in [2.05, 4.69) is 24.4 Å². The number of aryl methyl sites for hydroxylation is 1. The molecule has 0 radical (unpaired) electrons. The Kier molecular flexibility index (Phi) is 8.03. The summed E-state index contributed by atoms with van der Waals surface area (Å²) >= 11 is 11.9. The van der Waals surface area contributed by atoms with Crippen molar-refractivity contribution in [3.05, 3.63) is 69.2 Å². The molecule has 1 aliphatic heterocycles. The van der Waals surface area contributed by atoms with E-state index in [9.17, 15) is 13.2 Å². The van der Waals surface area contributed by atoms with Gasteiger partial charge in [0.2, 0.25) is 15.9 Å². The van der Waals surface area contributed by atoms with Gasteiger partial charge in [0.25, 0.3) is 0 Å². The van der Waals surface area contributed by atoms with Crippen molar-refractivity contribution in [2.45, 2.75) is 44.9 Å². The number of amides is 1. The molecule has 3 rings (SSSR count). The van der Waals surface area contributed by atoms with E-state index in [1.807, 2.05) is 19.1 Å². The van der Waals surface area contributed by atoms with Crippen LogP contribution >= 0.6 is 23.2 Å². The van der Waals surface area contributed by atoms with Gasteiger partial charge in [0, 0.05) is 19.0 Å². The molecule has 31 heavy (non-hydrogen) atoms. The van der Waals surface area contributed by atoms with Gasteiger partial charge in [-0.1, -0.05) is 60.5 Å². The molecule has 1 unspecified atom stereocenters. The second-order valence-electron chi connectivity index (χ2n) is 8.00. The van der Waals surface area contributed by atoms with Crippen LogP contribution in [-0.2, 0) is 27.0 Å². The van der Waals surface area contributed by atoms with Crippen molar-refractivity contribution in [2.75, 3.05) is 13.1 Å². The number of carbonyl (C=O) groups excluding carboxylic acids is 1. The summed E-state index contributed by atoms with van der Waals surface area (Å²) in [6, 6.07) is 13.0. The first-order chi connectivity index (χ1) is 14.7. The zero-order valence-electron chi connectivity index (χ0n) is 17.8. The number of carbonyl (C=O) groups is 1. The Hall–Kier alpha value is -1.60. The summed E-state index contributed by atoms with van der Waals surface area (Å²) in [7, 11) is -3.49. The zero-order chi connectivity index (χ0) is 22.6. The largest absolute Gasteiger partial charge is 0.349 e. The van der Waals surface area contributed by atoms with Gasteiger partial charge in [-0.15, -0.1) is 0 Å². The van der Waals surface area contributed by atoms with Crippen molar-refractivity contribution in [1.82, 2.24) is 9.62 Å². The predicted octanol–water partition coefficient (Wildman–Crippen LogP) is 4.98. The molecule has 1 atom stereocenters. The fraction of sp³-hybridized carbons (Fsp3) is 0.435. The first-order valence-corrected chi connectivity index (χ1v) is 12.9. The van der Waals surface area contributed by atoms with Crippen LogP contribution < -0.4 is 5.32 Å². The van der Waals surface area contributed by atoms with Crippen LogP contribution in [0.1, 0.15) is 49.4 Å². The third-order valence-corrected chi connectivity index (χ3v) is 8.39. The van der Waals surface area contributed by atoms with Gasteiger partial charge in [0.1, 0.15) is 0 Å². The number of hydrogen-bond acceptors (Lipinski definition) is 3. The molecule has 2 aromatic carbocycles. The Labute approximate surface area is 194 Å². The molecule has 0 aliphatic carbocycles. The molecule has 1 fully saturated rings. The van der Waals surface area contributed by atoms with Crippen LogP contribution in [0.15, 0.2) is 42.5 Å². The summed E-state index contributed by atoms with van der Waals surface area (Å²) in [5.74, 6) is -0.340. The Morgan fingerprint density at radius 1 is 1.06 bits per heavy atom. The highest BCUT2D eigenvalue weighted by Crippen LogP contribution is 2.26. The second kappa shape index (κ2) is 10.3. The molecule has 0 bridgehead atoms. The number of sulfonamides is 1. The van der Waals surface area contributed by atoms with Gasteiger partial charge in [-0.2, -0.15) is 0 Å². The minimum atomic E-state index is -3.49. The highest BCUT2D eigenvalue weighted by molar-refractivity contribution is 7.88. The fourth-order valence-corrected chi connectivity index (χ4v) is 5.66. The number of benzene rings is 2. The third-order valence-electron chi connectivity index (χ3n) is 5.80.